The molecule has 0 bridgehead atoms. The Bertz CT molecular complexity index is 607. The number of carbonyl (C=O) groups is 3. The van der Waals surface area contributed by atoms with E-state index >= 15 is 0 Å². The first-order valence-corrected chi connectivity index (χ1v) is 8.93. The van der Waals surface area contributed by atoms with Gasteiger partial charge < -0.3 is 15.3 Å². The number of amides is 2. The van der Waals surface area contributed by atoms with E-state index in [0.717, 1.165) is 25.9 Å². The van der Waals surface area contributed by atoms with E-state index in [1.807, 2.05) is 4.90 Å². The van der Waals surface area contributed by atoms with Gasteiger partial charge in [-0.3, -0.25) is 9.59 Å². The summed E-state index contributed by atoms with van der Waals surface area (Å²) in [6, 6.07) is 6.69. The number of rotatable bonds is 7. The first-order valence-electron chi connectivity index (χ1n) is 8.93. The van der Waals surface area contributed by atoms with Gasteiger partial charge in [0.15, 0.2) is 0 Å². The highest BCUT2D eigenvalue weighted by molar-refractivity contribution is 5.89. The van der Waals surface area contributed by atoms with Crippen molar-refractivity contribution in [2.75, 3.05) is 19.6 Å². The van der Waals surface area contributed by atoms with Crippen LogP contribution < -0.4 is 5.32 Å². The summed E-state index contributed by atoms with van der Waals surface area (Å²) in [5.74, 6) is -1.05. The van der Waals surface area contributed by atoms with Crippen LogP contribution in [0, 0.1) is 0 Å². The minimum atomic E-state index is -0.987. The smallest absolute Gasteiger partial charge is 0.335 e. The van der Waals surface area contributed by atoms with Crippen molar-refractivity contribution in [2.24, 2.45) is 0 Å². The van der Waals surface area contributed by atoms with Crippen LogP contribution in [0.4, 0.5) is 0 Å². The molecule has 0 aliphatic carbocycles. The van der Waals surface area contributed by atoms with Crippen molar-refractivity contribution in [3.05, 3.63) is 35.4 Å². The zero-order chi connectivity index (χ0) is 18.1. The maximum atomic E-state index is 12.1. The van der Waals surface area contributed by atoms with Gasteiger partial charge in [-0.05, 0) is 30.9 Å². The number of nitrogens with one attached hydrogen (secondary N) is 1. The molecule has 1 aromatic carbocycles. The van der Waals surface area contributed by atoms with E-state index < -0.39 is 5.97 Å². The lowest BCUT2D eigenvalue weighted by Crippen LogP contribution is -2.35. The van der Waals surface area contributed by atoms with Crippen molar-refractivity contribution in [3.63, 3.8) is 0 Å². The summed E-state index contributed by atoms with van der Waals surface area (Å²) in [4.78, 5) is 37.1. The summed E-state index contributed by atoms with van der Waals surface area (Å²) >= 11 is 0. The lowest BCUT2D eigenvalue weighted by Gasteiger charge is -2.20. The molecule has 6 nitrogen and oxygen atoms in total. The average Bonchev–Trinajstić information content (AvgIpc) is 2.89. The van der Waals surface area contributed by atoms with Crippen molar-refractivity contribution < 1.29 is 19.5 Å². The molecule has 0 spiro atoms. The molecular weight excluding hydrogens is 320 g/mol. The highest BCUT2D eigenvalue weighted by Crippen LogP contribution is 2.12. The van der Waals surface area contributed by atoms with Gasteiger partial charge in [-0.2, -0.15) is 0 Å². The Labute approximate surface area is 148 Å². The summed E-state index contributed by atoms with van der Waals surface area (Å²) in [5.41, 5.74) is 0.873. The number of carboxylic acids is 1. The molecule has 0 aromatic heterocycles. The number of aryl methyl sites for hydroxylation is 1. The summed E-state index contributed by atoms with van der Waals surface area (Å²) in [7, 11) is 0. The van der Waals surface area contributed by atoms with E-state index in [1.54, 1.807) is 18.2 Å². The molecule has 2 N–H and O–H groups in total. The van der Waals surface area contributed by atoms with Crippen LogP contribution >= 0.6 is 0 Å². The molecule has 6 heteroatoms. The number of nitrogens with zero attached hydrogens (tertiary/aromatic N) is 1. The lowest BCUT2D eigenvalue weighted by atomic mass is 10.0. The van der Waals surface area contributed by atoms with Gasteiger partial charge in [0.05, 0.1) is 5.56 Å². The van der Waals surface area contributed by atoms with Gasteiger partial charge in [-0.1, -0.05) is 31.0 Å². The van der Waals surface area contributed by atoms with Crippen LogP contribution in [0.15, 0.2) is 24.3 Å². The van der Waals surface area contributed by atoms with Gasteiger partial charge in [-0.25, -0.2) is 4.79 Å². The van der Waals surface area contributed by atoms with E-state index in [9.17, 15) is 14.4 Å². The van der Waals surface area contributed by atoms with Crippen LogP contribution in [0.5, 0.6) is 0 Å². The minimum absolute atomic E-state index is 0.0958. The molecule has 1 aromatic rings. The van der Waals surface area contributed by atoms with E-state index in [-0.39, 0.29) is 23.8 Å². The first-order chi connectivity index (χ1) is 12.1. The quantitative estimate of drug-likeness (QED) is 0.792. The van der Waals surface area contributed by atoms with Crippen molar-refractivity contribution in [1.29, 1.82) is 0 Å². The number of benzene rings is 1. The Kier molecular flexibility index (Phi) is 7.44. The highest BCUT2D eigenvalue weighted by Gasteiger charge is 2.15. The Morgan fingerprint density at radius 3 is 2.36 bits per heavy atom. The summed E-state index contributed by atoms with van der Waals surface area (Å²) < 4.78 is 0. The fraction of sp³-hybridized carbons (Fsp3) is 0.526. The third-order valence-electron chi connectivity index (χ3n) is 4.49. The molecule has 0 unspecified atom stereocenters. The van der Waals surface area contributed by atoms with Gasteiger partial charge in [-0.15, -0.1) is 0 Å². The van der Waals surface area contributed by atoms with Crippen molar-refractivity contribution >= 4 is 17.8 Å². The molecule has 1 saturated heterocycles. The number of hydrogen-bond donors (Lipinski definition) is 2. The molecule has 136 valence electrons. The van der Waals surface area contributed by atoms with Crippen LogP contribution in [-0.4, -0.2) is 47.4 Å². The van der Waals surface area contributed by atoms with Crippen molar-refractivity contribution in [3.8, 4) is 0 Å². The fourth-order valence-corrected chi connectivity index (χ4v) is 3.07. The first kappa shape index (κ1) is 19.0. The second-order valence-corrected chi connectivity index (χ2v) is 6.36. The molecule has 1 aliphatic rings. The van der Waals surface area contributed by atoms with Crippen LogP contribution in [-0.2, 0) is 16.0 Å². The molecule has 0 radical (unpaired) electrons. The Morgan fingerprint density at radius 2 is 1.68 bits per heavy atom. The van der Waals surface area contributed by atoms with Crippen LogP contribution in [0.2, 0.25) is 0 Å². The molecule has 25 heavy (non-hydrogen) atoms. The predicted octanol–water partition coefficient (Wildman–Crippen LogP) is 2.23. The van der Waals surface area contributed by atoms with E-state index in [2.05, 4.69) is 5.32 Å². The van der Waals surface area contributed by atoms with E-state index in [4.69, 9.17) is 5.11 Å². The zero-order valence-electron chi connectivity index (χ0n) is 14.5. The molecule has 1 aliphatic heterocycles. The number of carbonyl (C=O) groups excluding carboxylic acids is 2. The Hall–Kier alpha value is -2.37. The maximum absolute atomic E-state index is 12.1. The topological polar surface area (TPSA) is 86.7 Å². The molecule has 2 amide bonds. The maximum Gasteiger partial charge on any atom is 0.335 e. The third kappa shape index (κ3) is 6.21. The molecule has 0 atom stereocenters. The monoisotopic (exact) mass is 346 g/mol. The van der Waals surface area contributed by atoms with Crippen molar-refractivity contribution in [1.82, 2.24) is 10.2 Å². The van der Waals surface area contributed by atoms with Gasteiger partial charge in [0, 0.05) is 32.5 Å². The molecule has 1 fully saturated rings. The summed E-state index contributed by atoms with van der Waals surface area (Å²) in [6.45, 7) is 1.96. The number of carboxylic acid groups (broad SMARTS) is 1. The number of aromatic carboxylic acids is 1. The molecular formula is C19H26N2O4. The van der Waals surface area contributed by atoms with Gasteiger partial charge in [0.1, 0.15) is 0 Å². The second-order valence-electron chi connectivity index (χ2n) is 6.36. The van der Waals surface area contributed by atoms with Gasteiger partial charge in [0.2, 0.25) is 11.8 Å². The van der Waals surface area contributed by atoms with E-state index in [1.165, 1.54) is 18.9 Å². The SMILES string of the molecule is O=C(CCc1ccccc1C(=O)O)NCCC(=O)N1CCCCCC1. The molecule has 2 rings (SSSR count). The normalized spacial score (nSPS) is 14.6. The number of hydrogen-bond acceptors (Lipinski definition) is 3. The standard InChI is InChI=1S/C19H26N2O4/c22-17(10-9-15-7-3-4-8-16(15)19(24)25)20-12-11-18(23)21-13-5-1-2-6-14-21/h3-4,7-8H,1-2,5-6,9-14H2,(H,20,22)(H,24,25). The molecule has 0 saturated carbocycles. The fourth-order valence-electron chi connectivity index (χ4n) is 3.07. The van der Waals surface area contributed by atoms with Crippen LogP contribution in [0.3, 0.4) is 0 Å². The Morgan fingerprint density at radius 1 is 1.00 bits per heavy atom. The lowest BCUT2D eigenvalue weighted by molar-refractivity contribution is -0.131. The average molecular weight is 346 g/mol. The zero-order valence-corrected chi connectivity index (χ0v) is 14.5. The summed E-state index contributed by atoms with van der Waals surface area (Å²) in [6.07, 6.45) is 5.37. The van der Waals surface area contributed by atoms with Crippen molar-refractivity contribution in [2.45, 2.75) is 44.9 Å². The van der Waals surface area contributed by atoms with E-state index in [0.29, 0.717) is 24.9 Å². The highest BCUT2D eigenvalue weighted by atomic mass is 16.4. The van der Waals surface area contributed by atoms with Crippen LogP contribution in [0.25, 0.3) is 0 Å². The molecule has 1 heterocycles. The minimum Gasteiger partial charge on any atom is -0.478 e. The predicted molar refractivity (Wildman–Crippen MR) is 94.4 cm³/mol. The van der Waals surface area contributed by atoms with Gasteiger partial charge >= 0.3 is 5.97 Å². The Balaban J connectivity index is 1.70. The third-order valence-corrected chi connectivity index (χ3v) is 4.49. The van der Waals surface area contributed by atoms with Gasteiger partial charge in [0.25, 0.3) is 0 Å². The largest absolute Gasteiger partial charge is 0.478 e. The van der Waals surface area contributed by atoms with Crippen LogP contribution in [0.1, 0.15) is 54.4 Å². The summed E-state index contributed by atoms with van der Waals surface area (Å²) in [5, 5.41) is 11.9. The second kappa shape index (κ2) is 9.81. The number of likely N-dealkylation sites (tertiary alicyclic amines) is 1.